The maximum atomic E-state index is 13.1. The predicted octanol–water partition coefficient (Wildman–Crippen LogP) is 2.01. The third-order valence-corrected chi connectivity index (χ3v) is 5.73. The number of hydrogen-bond acceptors (Lipinski definition) is 5. The molecule has 1 aliphatic heterocycles. The summed E-state index contributed by atoms with van der Waals surface area (Å²) in [6, 6.07) is 10.5. The summed E-state index contributed by atoms with van der Waals surface area (Å²) in [6.45, 7) is 2.19. The standard InChI is InChI=1S/C22H23FN4O3/c23-16-3-1-14(2-4-16)20(28)15-7-9-26(10-8-15)11-12-27-21(29)18-13-17(24)5-6-19(18)25-22(27)30/h1-6,13,15H,7-12,24H2,(H,25,30). The molecule has 0 spiro atoms. The molecule has 0 amide bonds. The number of likely N-dealkylation sites (tertiary alicyclic amines) is 1. The monoisotopic (exact) mass is 410 g/mol. The van der Waals surface area contributed by atoms with E-state index in [1.54, 1.807) is 18.2 Å². The Hall–Kier alpha value is -3.26. The van der Waals surface area contributed by atoms with Crippen molar-refractivity contribution in [1.29, 1.82) is 0 Å². The molecule has 156 valence electrons. The number of H-pyrrole nitrogens is 1. The summed E-state index contributed by atoms with van der Waals surface area (Å²) in [5.41, 5.74) is 6.42. The van der Waals surface area contributed by atoms with Crippen LogP contribution >= 0.6 is 0 Å². The Morgan fingerprint density at radius 3 is 2.47 bits per heavy atom. The number of nitrogens with zero attached hydrogens (tertiary/aromatic N) is 2. The van der Waals surface area contributed by atoms with Crippen LogP contribution < -0.4 is 17.0 Å². The Morgan fingerprint density at radius 1 is 1.07 bits per heavy atom. The Balaban J connectivity index is 1.39. The van der Waals surface area contributed by atoms with E-state index in [9.17, 15) is 18.8 Å². The molecule has 0 aliphatic carbocycles. The SMILES string of the molecule is Nc1ccc2[nH]c(=O)n(CCN3CCC(C(=O)c4ccc(F)cc4)CC3)c(=O)c2c1. The normalized spacial score (nSPS) is 15.5. The summed E-state index contributed by atoms with van der Waals surface area (Å²) in [5, 5.41) is 0.387. The summed E-state index contributed by atoms with van der Waals surface area (Å²) >= 11 is 0. The average molecular weight is 410 g/mol. The number of fused-ring (bicyclic) bond motifs is 1. The van der Waals surface area contributed by atoms with Crippen LogP contribution in [0, 0.1) is 11.7 Å². The lowest BCUT2D eigenvalue weighted by Gasteiger charge is -2.31. The van der Waals surface area contributed by atoms with E-state index in [1.165, 1.54) is 28.8 Å². The molecule has 0 bridgehead atoms. The molecule has 1 saturated heterocycles. The van der Waals surface area contributed by atoms with Crippen molar-refractivity contribution in [3.63, 3.8) is 0 Å². The lowest BCUT2D eigenvalue weighted by molar-refractivity contribution is 0.0837. The second-order valence-electron chi connectivity index (χ2n) is 7.68. The molecule has 0 radical (unpaired) electrons. The van der Waals surface area contributed by atoms with Crippen molar-refractivity contribution in [3.05, 3.63) is 74.7 Å². The van der Waals surface area contributed by atoms with Gasteiger partial charge >= 0.3 is 5.69 Å². The van der Waals surface area contributed by atoms with Gasteiger partial charge in [-0.05, 0) is 68.4 Å². The number of carbonyl (C=O) groups is 1. The van der Waals surface area contributed by atoms with Crippen LogP contribution in [0.1, 0.15) is 23.2 Å². The van der Waals surface area contributed by atoms with E-state index in [-0.39, 0.29) is 29.6 Å². The van der Waals surface area contributed by atoms with Crippen LogP contribution in [0.3, 0.4) is 0 Å². The average Bonchev–Trinajstić information content (AvgIpc) is 2.75. The molecule has 3 N–H and O–H groups in total. The van der Waals surface area contributed by atoms with Crippen LogP contribution in [-0.2, 0) is 6.54 Å². The molecule has 1 aromatic heterocycles. The van der Waals surface area contributed by atoms with Crippen LogP contribution in [0.15, 0.2) is 52.1 Å². The Bertz CT molecular complexity index is 1190. The number of aromatic nitrogens is 2. The highest BCUT2D eigenvalue weighted by molar-refractivity contribution is 5.97. The second kappa shape index (κ2) is 8.23. The number of rotatable bonds is 5. The lowest BCUT2D eigenvalue weighted by Crippen LogP contribution is -2.42. The third-order valence-electron chi connectivity index (χ3n) is 5.73. The number of benzene rings is 2. The number of nitrogens with one attached hydrogen (secondary N) is 1. The van der Waals surface area contributed by atoms with Crippen molar-refractivity contribution in [1.82, 2.24) is 14.5 Å². The van der Waals surface area contributed by atoms with Gasteiger partial charge in [0.1, 0.15) is 5.82 Å². The van der Waals surface area contributed by atoms with Gasteiger partial charge in [-0.25, -0.2) is 9.18 Å². The zero-order chi connectivity index (χ0) is 21.3. The van der Waals surface area contributed by atoms with Crippen molar-refractivity contribution < 1.29 is 9.18 Å². The number of piperidine rings is 1. The fraction of sp³-hybridized carbons (Fsp3) is 0.318. The minimum Gasteiger partial charge on any atom is -0.399 e. The van der Waals surface area contributed by atoms with Crippen molar-refractivity contribution in [2.45, 2.75) is 19.4 Å². The molecular formula is C22H23FN4O3. The van der Waals surface area contributed by atoms with E-state index in [2.05, 4.69) is 9.88 Å². The van der Waals surface area contributed by atoms with Crippen LogP contribution in [0.5, 0.6) is 0 Å². The number of anilines is 1. The van der Waals surface area contributed by atoms with Crippen molar-refractivity contribution in [2.24, 2.45) is 5.92 Å². The van der Waals surface area contributed by atoms with Gasteiger partial charge in [0.2, 0.25) is 0 Å². The summed E-state index contributed by atoms with van der Waals surface area (Å²) in [6.07, 6.45) is 1.38. The summed E-state index contributed by atoms with van der Waals surface area (Å²) < 4.78 is 14.3. The summed E-state index contributed by atoms with van der Waals surface area (Å²) in [5.74, 6) is -0.418. The molecule has 1 aliphatic rings. The van der Waals surface area contributed by atoms with E-state index in [0.717, 1.165) is 0 Å². The zero-order valence-electron chi connectivity index (χ0n) is 16.4. The maximum absolute atomic E-state index is 13.1. The number of halogens is 1. The van der Waals surface area contributed by atoms with E-state index in [1.807, 2.05) is 0 Å². The van der Waals surface area contributed by atoms with Gasteiger partial charge in [-0.3, -0.25) is 14.2 Å². The molecule has 0 unspecified atom stereocenters. The molecular weight excluding hydrogens is 387 g/mol. The molecule has 3 aromatic rings. The molecule has 7 nitrogen and oxygen atoms in total. The highest BCUT2D eigenvalue weighted by Crippen LogP contribution is 2.22. The van der Waals surface area contributed by atoms with Gasteiger partial charge in [-0.1, -0.05) is 0 Å². The van der Waals surface area contributed by atoms with Crippen LogP contribution in [0.4, 0.5) is 10.1 Å². The van der Waals surface area contributed by atoms with Crippen LogP contribution in [0.2, 0.25) is 0 Å². The molecule has 2 aromatic carbocycles. The molecule has 30 heavy (non-hydrogen) atoms. The van der Waals surface area contributed by atoms with E-state index < -0.39 is 5.69 Å². The fourth-order valence-electron chi connectivity index (χ4n) is 3.98. The van der Waals surface area contributed by atoms with Crippen LogP contribution in [-0.4, -0.2) is 39.9 Å². The fourth-order valence-corrected chi connectivity index (χ4v) is 3.98. The van der Waals surface area contributed by atoms with Gasteiger partial charge in [-0.2, -0.15) is 0 Å². The number of hydrogen-bond donors (Lipinski definition) is 2. The first kappa shape index (κ1) is 20.0. The molecule has 1 fully saturated rings. The molecule has 8 heteroatoms. The van der Waals surface area contributed by atoms with Gasteiger partial charge in [0.05, 0.1) is 10.9 Å². The maximum Gasteiger partial charge on any atom is 0.328 e. The van der Waals surface area contributed by atoms with Gasteiger partial charge in [0.15, 0.2) is 5.78 Å². The Morgan fingerprint density at radius 2 is 1.77 bits per heavy atom. The first-order valence-corrected chi connectivity index (χ1v) is 9.97. The predicted molar refractivity (Wildman–Crippen MR) is 113 cm³/mol. The van der Waals surface area contributed by atoms with Crippen LogP contribution in [0.25, 0.3) is 10.9 Å². The molecule has 0 saturated carbocycles. The van der Waals surface area contributed by atoms with Crippen molar-refractivity contribution >= 4 is 22.4 Å². The topological polar surface area (TPSA) is 101 Å². The van der Waals surface area contributed by atoms with Gasteiger partial charge in [0.25, 0.3) is 5.56 Å². The minimum atomic E-state index is -0.446. The third kappa shape index (κ3) is 4.04. The summed E-state index contributed by atoms with van der Waals surface area (Å²) in [7, 11) is 0. The highest BCUT2D eigenvalue weighted by Gasteiger charge is 2.25. The van der Waals surface area contributed by atoms with Gasteiger partial charge in [-0.15, -0.1) is 0 Å². The number of nitrogen functional groups attached to an aromatic ring is 1. The quantitative estimate of drug-likeness (QED) is 0.495. The van der Waals surface area contributed by atoms with Gasteiger partial charge in [0, 0.05) is 30.3 Å². The highest BCUT2D eigenvalue weighted by atomic mass is 19.1. The number of Topliss-reactive ketones (excluding diaryl/α,β-unsaturated/α-hetero) is 1. The second-order valence-corrected chi connectivity index (χ2v) is 7.68. The van der Waals surface area contributed by atoms with E-state index in [0.29, 0.717) is 54.6 Å². The number of aromatic amines is 1. The van der Waals surface area contributed by atoms with Crippen molar-refractivity contribution in [3.8, 4) is 0 Å². The Kier molecular flexibility index (Phi) is 5.50. The number of ketones is 1. The van der Waals surface area contributed by atoms with Crippen molar-refractivity contribution in [2.75, 3.05) is 25.4 Å². The first-order valence-electron chi connectivity index (χ1n) is 9.97. The largest absolute Gasteiger partial charge is 0.399 e. The minimum absolute atomic E-state index is 0.0365. The molecule has 4 rings (SSSR count). The van der Waals surface area contributed by atoms with E-state index >= 15 is 0 Å². The number of carbonyl (C=O) groups excluding carboxylic acids is 1. The number of nitrogens with two attached hydrogens (primary N) is 1. The molecule has 0 atom stereocenters. The Labute approximate surface area is 171 Å². The zero-order valence-corrected chi connectivity index (χ0v) is 16.4. The lowest BCUT2D eigenvalue weighted by atomic mass is 9.89. The van der Waals surface area contributed by atoms with Gasteiger partial charge < -0.3 is 15.6 Å². The van der Waals surface area contributed by atoms with E-state index in [4.69, 9.17) is 5.73 Å². The molecule has 2 heterocycles. The first-order chi connectivity index (χ1) is 14.4. The summed E-state index contributed by atoms with van der Waals surface area (Å²) in [4.78, 5) is 42.5. The smallest absolute Gasteiger partial charge is 0.328 e.